The first kappa shape index (κ1) is 30.3. The van der Waals surface area contributed by atoms with Gasteiger partial charge in [-0.25, -0.2) is 13.4 Å². The monoisotopic (exact) mass is 634 g/mol. The average Bonchev–Trinajstić information content (AvgIpc) is 3.43. The second-order valence-corrected chi connectivity index (χ2v) is 13.7. The lowest BCUT2D eigenvalue weighted by molar-refractivity contribution is 0.0595. The van der Waals surface area contributed by atoms with Gasteiger partial charge in [-0.05, 0) is 62.4 Å². The highest BCUT2D eigenvalue weighted by Crippen LogP contribution is 2.29. The summed E-state index contributed by atoms with van der Waals surface area (Å²) in [7, 11) is -3.65. The fourth-order valence-corrected chi connectivity index (χ4v) is 7.59. The van der Waals surface area contributed by atoms with Crippen LogP contribution in [0.1, 0.15) is 34.7 Å². The number of aromatic nitrogens is 2. The lowest BCUT2D eigenvalue weighted by Gasteiger charge is -2.37. The molecule has 2 amide bonds. The van der Waals surface area contributed by atoms with E-state index in [2.05, 4.69) is 23.7 Å². The molecule has 10 nitrogen and oxygen atoms in total. The van der Waals surface area contributed by atoms with Crippen molar-refractivity contribution in [2.45, 2.75) is 24.8 Å². The molecule has 0 spiro atoms. The number of amides is 2. The number of carbonyl (C=O) groups is 2. The minimum absolute atomic E-state index is 0.0290. The van der Waals surface area contributed by atoms with Gasteiger partial charge < -0.3 is 14.4 Å². The summed E-state index contributed by atoms with van der Waals surface area (Å²) in [4.78, 5) is 37.8. The van der Waals surface area contributed by atoms with E-state index in [0.717, 1.165) is 24.0 Å². The summed E-state index contributed by atoms with van der Waals surface area (Å²) >= 11 is 6.25. The van der Waals surface area contributed by atoms with E-state index in [1.807, 2.05) is 21.6 Å². The standard InChI is InChI=1S/C32H35ClN6O4S/c1-23(2)35-12-14-36(15-13-35)31(40)24-8-9-28-25(20-24)21-29(39(28)26-10-11-34-30(33)22-26)32(41)37-16-18-38(19-17-37)44(42,43)27-6-4-3-5-7-27/h3-11,20-23H,12-19H2,1-2H3. The Hall–Kier alpha value is -3.77. The molecule has 2 saturated heterocycles. The molecule has 0 bridgehead atoms. The molecule has 0 aliphatic carbocycles. The molecule has 0 saturated carbocycles. The summed E-state index contributed by atoms with van der Waals surface area (Å²) in [5.41, 5.74) is 2.38. The van der Waals surface area contributed by atoms with Gasteiger partial charge in [0, 0.05) is 75.5 Å². The SMILES string of the molecule is CC(C)N1CCN(C(=O)c2ccc3c(c2)cc(C(=O)N2CCN(S(=O)(=O)c4ccccc4)CC2)n3-c2ccnc(Cl)c2)CC1. The molecule has 0 radical (unpaired) electrons. The van der Waals surface area contributed by atoms with Crippen LogP contribution in [0.3, 0.4) is 0 Å². The van der Waals surface area contributed by atoms with E-state index < -0.39 is 10.0 Å². The van der Waals surface area contributed by atoms with E-state index >= 15 is 0 Å². The zero-order chi connectivity index (χ0) is 31.0. The number of piperazine rings is 2. The first-order valence-corrected chi connectivity index (χ1v) is 16.6. The van der Waals surface area contributed by atoms with Gasteiger partial charge >= 0.3 is 0 Å². The Morgan fingerprint density at radius 2 is 1.45 bits per heavy atom. The maximum atomic E-state index is 14.0. The van der Waals surface area contributed by atoms with E-state index in [1.165, 1.54) is 4.31 Å². The molecule has 230 valence electrons. The smallest absolute Gasteiger partial charge is 0.270 e. The van der Waals surface area contributed by atoms with Crippen molar-refractivity contribution in [2.24, 2.45) is 0 Å². The summed E-state index contributed by atoms with van der Waals surface area (Å²) < 4.78 is 29.5. The number of carbonyl (C=O) groups excluding carboxylic acids is 2. The van der Waals surface area contributed by atoms with Crippen LogP contribution in [0.4, 0.5) is 0 Å². The molecule has 2 aliphatic heterocycles. The molecular formula is C32H35ClN6O4S. The number of rotatable bonds is 6. The lowest BCUT2D eigenvalue weighted by atomic mass is 10.1. The maximum absolute atomic E-state index is 14.0. The molecule has 0 N–H and O–H groups in total. The zero-order valence-electron chi connectivity index (χ0n) is 24.8. The average molecular weight is 635 g/mol. The van der Waals surface area contributed by atoms with Crippen molar-refractivity contribution in [3.63, 3.8) is 0 Å². The maximum Gasteiger partial charge on any atom is 0.270 e. The van der Waals surface area contributed by atoms with Gasteiger partial charge in [-0.3, -0.25) is 14.5 Å². The Balaban J connectivity index is 1.28. The van der Waals surface area contributed by atoms with E-state index in [4.69, 9.17) is 11.6 Å². The van der Waals surface area contributed by atoms with Crippen molar-refractivity contribution in [2.75, 3.05) is 52.4 Å². The van der Waals surface area contributed by atoms with Crippen molar-refractivity contribution < 1.29 is 18.0 Å². The number of nitrogens with zero attached hydrogens (tertiary/aromatic N) is 6. The molecule has 12 heteroatoms. The number of halogens is 1. The molecule has 4 heterocycles. The van der Waals surface area contributed by atoms with Gasteiger partial charge in [0.25, 0.3) is 11.8 Å². The topological polar surface area (TPSA) is 99.1 Å². The molecule has 2 fully saturated rings. The number of hydrogen-bond donors (Lipinski definition) is 0. The number of fused-ring (bicyclic) bond motifs is 1. The van der Waals surface area contributed by atoms with Gasteiger partial charge in [-0.1, -0.05) is 29.8 Å². The molecule has 6 rings (SSSR count). The van der Waals surface area contributed by atoms with Gasteiger partial charge in [0.2, 0.25) is 10.0 Å². The van der Waals surface area contributed by atoms with Gasteiger partial charge in [-0.2, -0.15) is 4.31 Å². The van der Waals surface area contributed by atoms with E-state index in [-0.39, 0.29) is 48.0 Å². The molecule has 2 aliphatic rings. The third kappa shape index (κ3) is 5.84. The van der Waals surface area contributed by atoms with Crippen molar-refractivity contribution in [3.05, 3.63) is 89.3 Å². The lowest BCUT2D eigenvalue weighted by Crippen LogP contribution is -2.50. The third-order valence-electron chi connectivity index (χ3n) is 8.47. The molecular weight excluding hydrogens is 600 g/mol. The van der Waals surface area contributed by atoms with Crippen LogP contribution in [0, 0.1) is 0 Å². The molecule has 44 heavy (non-hydrogen) atoms. The highest BCUT2D eigenvalue weighted by Gasteiger charge is 2.32. The third-order valence-corrected chi connectivity index (χ3v) is 10.6. The number of benzene rings is 2. The predicted molar refractivity (Wildman–Crippen MR) is 170 cm³/mol. The Kier molecular flexibility index (Phi) is 8.47. The van der Waals surface area contributed by atoms with Gasteiger partial charge in [0.15, 0.2) is 0 Å². The Morgan fingerprint density at radius 1 is 0.795 bits per heavy atom. The summed E-state index contributed by atoms with van der Waals surface area (Å²) in [6.45, 7) is 8.20. The van der Waals surface area contributed by atoms with Gasteiger partial charge in [0.1, 0.15) is 10.8 Å². The Labute approximate surface area is 262 Å². The number of pyridine rings is 1. The second kappa shape index (κ2) is 12.3. The molecule has 0 unspecified atom stereocenters. The summed E-state index contributed by atoms with van der Waals surface area (Å²) in [5.74, 6) is -0.262. The van der Waals surface area contributed by atoms with Crippen LogP contribution in [0.2, 0.25) is 5.15 Å². The summed E-state index contributed by atoms with van der Waals surface area (Å²) in [6.07, 6.45) is 1.58. The fraction of sp³-hybridized carbons (Fsp3) is 0.344. The van der Waals surface area contributed by atoms with E-state index in [9.17, 15) is 18.0 Å². The van der Waals surface area contributed by atoms with Gasteiger partial charge in [-0.15, -0.1) is 0 Å². The van der Waals surface area contributed by atoms with Crippen molar-refractivity contribution >= 4 is 44.3 Å². The minimum atomic E-state index is -3.65. The Bertz CT molecular complexity index is 1790. The van der Waals surface area contributed by atoms with Crippen LogP contribution in [-0.4, -0.2) is 107 Å². The highest BCUT2D eigenvalue weighted by molar-refractivity contribution is 7.89. The van der Waals surface area contributed by atoms with Crippen molar-refractivity contribution in [3.8, 4) is 5.69 Å². The van der Waals surface area contributed by atoms with E-state index in [1.54, 1.807) is 65.7 Å². The summed E-state index contributed by atoms with van der Waals surface area (Å²) in [5, 5.41) is 1.04. The second-order valence-electron chi connectivity index (χ2n) is 11.4. The predicted octanol–water partition coefficient (Wildman–Crippen LogP) is 3.99. The Morgan fingerprint density at radius 3 is 2.11 bits per heavy atom. The van der Waals surface area contributed by atoms with Crippen molar-refractivity contribution in [1.82, 2.24) is 28.6 Å². The molecule has 2 aromatic heterocycles. The van der Waals surface area contributed by atoms with Crippen LogP contribution in [0.5, 0.6) is 0 Å². The first-order valence-electron chi connectivity index (χ1n) is 14.8. The van der Waals surface area contributed by atoms with Crippen LogP contribution in [0.25, 0.3) is 16.6 Å². The van der Waals surface area contributed by atoms with Crippen molar-refractivity contribution in [1.29, 1.82) is 0 Å². The van der Waals surface area contributed by atoms with Crippen LogP contribution in [0.15, 0.2) is 77.8 Å². The normalized spacial score (nSPS) is 17.0. The largest absolute Gasteiger partial charge is 0.336 e. The van der Waals surface area contributed by atoms with Gasteiger partial charge in [0.05, 0.1) is 16.1 Å². The van der Waals surface area contributed by atoms with Crippen LogP contribution < -0.4 is 0 Å². The molecule has 2 aromatic carbocycles. The first-order chi connectivity index (χ1) is 21.1. The number of sulfonamides is 1. The van der Waals surface area contributed by atoms with Crippen LogP contribution in [-0.2, 0) is 10.0 Å². The number of hydrogen-bond acceptors (Lipinski definition) is 6. The van der Waals surface area contributed by atoms with Crippen LogP contribution >= 0.6 is 11.6 Å². The zero-order valence-corrected chi connectivity index (χ0v) is 26.3. The van der Waals surface area contributed by atoms with E-state index in [0.29, 0.717) is 36.1 Å². The summed E-state index contributed by atoms with van der Waals surface area (Å²) in [6, 6.07) is 19.5. The quantitative estimate of drug-likeness (QED) is 0.298. The minimum Gasteiger partial charge on any atom is -0.336 e. The molecule has 4 aromatic rings. The molecule has 0 atom stereocenters. The highest BCUT2D eigenvalue weighted by atomic mass is 35.5. The fourth-order valence-electron chi connectivity index (χ4n) is 5.97.